The normalized spacial score (nSPS) is 14.6. The van der Waals surface area contributed by atoms with Gasteiger partial charge in [0.15, 0.2) is 6.61 Å². The molecule has 0 unspecified atom stereocenters. The summed E-state index contributed by atoms with van der Waals surface area (Å²) in [6, 6.07) is 10.5. The molecule has 2 atom stereocenters. The Balaban J connectivity index is 1.71. The van der Waals surface area contributed by atoms with Gasteiger partial charge in [-0.25, -0.2) is 0 Å². The van der Waals surface area contributed by atoms with Crippen molar-refractivity contribution in [3.63, 3.8) is 0 Å². The molecule has 0 aliphatic carbocycles. The van der Waals surface area contributed by atoms with Crippen molar-refractivity contribution in [3.8, 4) is 5.75 Å². The molecule has 10 heteroatoms. The maximum atomic E-state index is 12.7. The van der Waals surface area contributed by atoms with Crippen LogP contribution < -0.4 is 20.7 Å². The van der Waals surface area contributed by atoms with Crippen LogP contribution in [0.3, 0.4) is 0 Å². The number of fused-ring (bicyclic) bond motifs is 1. The molecule has 2 aromatic carbocycles. The molecule has 1 heterocycles. The lowest BCUT2D eigenvalue weighted by Crippen LogP contribution is -2.46. The van der Waals surface area contributed by atoms with E-state index in [1.165, 1.54) is 18.7 Å². The number of carboxylic acid groups (broad SMARTS) is 1. The van der Waals surface area contributed by atoms with Gasteiger partial charge in [-0.3, -0.25) is 14.4 Å². The summed E-state index contributed by atoms with van der Waals surface area (Å²) in [5.74, 6) is -0.657. The summed E-state index contributed by atoms with van der Waals surface area (Å²) in [6.45, 7) is 2.00. The van der Waals surface area contributed by atoms with Gasteiger partial charge >= 0.3 is 5.97 Å². The highest BCUT2D eigenvalue weighted by atomic mass is 32.2. The van der Waals surface area contributed by atoms with E-state index in [9.17, 15) is 14.4 Å². The average molecular weight is 490 g/mol. The number of thioether (sulfide) groups is 2. The minimum atomic E-state index is -1.16. The Morgan fingerprint density at radius 1 is 1.21 bits per heavy atom. The molecule has 1 aliphatic heterocycles. The number of aliphatic carboxylic acids is 1. The zero-order valence-corrected chi connectivity index (χ0v) is 20.1. The van der Waals surface area contributed by atoms with Gasteiger partial charge in [0.25, 0.3) is 5.91 Å². The van der Waals surface area contributed by atoms with E-state index in [1.807, 2.05) is 18.4 Å². The van der Waals surface area contributed by atoms with Crippen LogP contribution in [-0.4, -0.2) is 54.1 Å². The fourth-order valence-corrected chi connectivity index (χ4v) is 4.74. The van der Waals surface area contributed by atoms with Crippen molar-refractivity contribution in [1.29, 1.82) is 0 Å². The van der Waals surface area contributed by atoms with E-state index in [0.717, 1.165) is 34.2 Å². The van der Waals surface area contributed by atoms with Crippen LogP contribution in [0.25, 0.3) is 0 Å². The van der Waals surface area contributed by atoms with Gasteiger partial charge < -0.3 is 25.8 Å². The zero-order chi connectivity index (χ0) is 23.8. The molecule has 0 radical (unpaired) electrons. The number of carbonyl (C=O) groups is 3. The van der Waals surface area contributed by atoms with Crippen LogP contribution >= 0.6 is 23.5 Å². The van der Waals surface area contributed by atoms with Crippen molar-refractivity contribution >= 4 is 47.0 Å². The number of hydrogen-bond donors (Lipinski definition) is 4. The van der Waals surface area contributed by atoms with E-state index in [0.29, 0.717) is 11.3 Å². The Labute approximate surface area is 201 Å². The lowest BCUT2D eigenvalue weighted by molar-refractivity contribution is -0.141. The second-order valence-corrected chi connectivity index (χ2v) is 9.38. The summed E-state index contributed by atoms with van der Waals surface area (Å²) in [6.07, 6.45) is 3.01. The molecule has 4 N–H and O–H groups in total. The first-order valence-corrected chi connectivity index (χ1v) is 12.7. The molecule has 176 valence electrons. The fourth-order valence-electron chi connectivity index (χ4n) is 3.20. The minimum absolute atomic E-state index is 0.282. The molecule has 0 aromatic heterocycles. The van der Waals surface area contributed by atoms with Crippen molar-refractivity contribution in [3.05, 3.63) is 48.0 Å². The van der Waals surface area contributed by atoms with Crippen molar-refractivity contribution in [2.45, 2.75) is 35.2 Å². The number of carboxylic acids is 1. The molecule has 0 bridgehead atoms. The molecular formula is C23H27N3O5S2. The second kappa shape index (κ2) is 11.9. The summed E-state index contributed by atoms with van der Waals surface area (Å²) in [7, 11) is 0. The Morgan fingerprint density at radius 3 is 2.67 bits per heavy atom. The second-order valence-electron chi connectivity index (χ2n) is 7.40. The molecule has 33 heavy (non-hydrogen) atoms. The third kappa shape index (κ3) is 6.82. The standard InChI is InChI=1S/C23H27N3O5S2/c1-14(23(29)30)25-22(28)21(15-7-4-3-5-8-15)26-20(27)13-31-17-12-18-16(11-19(17)32-2)24-9-6-10-33-18/h3-5,7-8,11-12,14,21,24H,6,9-10,13H2,1-2H3,(H,25,28)(H,26,27)(H,29,30)/t14-,21+/m0/s1. The number of benzene rings is 2. The average Bonchev–Trinajstić information content (AvgIpc) is 3.05. The highest BCUT2D eigenvalue weighted by Crippen LogP contribution is 2.39. The third-order valence-electron chi connectivity index (χ3n) is 4.95. The van der Waals surface area contributed by atoms with Crippen LogP contribution in [0.1, 0.15) is 24.9 Å². The molecule has 0 fully saturated rings. The maximum Gasteiger partial charge on any atom is 0.325 e. The molecule has 0 spiro atoms. The first kappa shape index (κ1) is 24.8. The van der Waals surface area contributed by atoms with Crippen LogP contribution in [0.2, 0.25) is 0 Å². The lowest BCUT2D eigenvalue weighted by atomic mass is 10.1. The van der Waals surface area contributed by atoms with E-state index in [4.69, 9.17) is 9.84 Å². The number of amides is 2. The molecule has 3 rings (SSSR count). The predicted octanol–water partition coefficient (Wildman–Crippen LogP) is 3.14. The van der Waals surface area contributed by atoms with E-state index in [2.05, 4.69) is 16.0 Å². The predicted molar refractivity (Wildman–Crippen MR) is 130 cm³/mol. The number of anilines is 1. The Morgan fingerprint density at radius 2 is 1.97 bits per heavy atom. The Bertz CT molecular complexity index is 1000. The molecule has 2 aromatic rings. The van der Waals surface area contributed by atoms with Gasteiger partial charge in [0, 0.05) is 17.1 Å². The monoisotopic (exact) mass is 489 g/mol. The van der Waals surface area contributed by atoms with Crippen LogP contribution in [-0.2, 0) is 14.4 Å². The van der Waals surface area contributed by atoms with E-state index >= 15 is 0 Å². The van der Waals surface area contributed by atoms with Gasteiger partial charge in [0.1, 0.15) is 17.8 Å². The molecule has 0 saturated heterocycles. The molecule has 8 nitrogen and oxygen atoms in total. The number of nitrogens with one attached hydrogen (secondary N) is 3. The van der Waals surface area contributed by atoms with Crippen LogP contribution in [0.4, 0.5) is 5.69 Å². The summed E-state index contributed by atoms with van der Waals surface area (Å²) < 4.78 is 5.83. The molecule has 0 saturated carbocycles. The topological polar surface area (TPSA) is 117 Å². The number of carbonyl (C=O) groups excluding carboxylic acids is 2. The van der Waals surface area contributed by atoms with Gasteiger partial charge in [0.05, 0.1) is 4.90 Å². The summed E-state index contributed by atoms with van der Waals surface area (Å²) in [4.78, 5) is 38.5. The van der Waals surface area contributed by atoms with Crippen molar-refractivity contribution in [1.82, 2.24) is 10.6 Å². The van der Waals surface area contributed by atoms with Crippen molar-refractivity contribution in [2.24, 2.45) is 0 Å². The van der Waals surface area contributed by atoms with Gasteiger partial charge in [-0.05, 0) is 43.0 Å². The molecular weight excluding hydrogens is 462 g/mol. The first-order valence-electron chi connectivity index (χ1n) is 10.5. The smallest absolute Gasteiger partial charge is 0.325 e. The highest BCUT2D eigenvalue weighted by molar-refractivity contribution is 7.99. The Kier molecular flexibility index (Phi) is 8.90. The van der Waals surface area contributed by atoms with E-state index in [1.54, 1.807) is 42.1 Å². The van der Waals surface area contributed by atoms with Crippen molar-refractivity contribution in [2.75, 3.05) is 30.5 Å². The lowest BCUT2D eigenvalue weighted by Gasteiger charge is -2.21. The third-order valence-corrected chi connectivity index (χ3v) is 6.85. The number of hydrogen-bond acceptors (Lipinski definition) is 7. The quantitative estimate of drug-likeness (QED) is 0.397. The number of rotatable bonds is 9. The maximum absolute atomic E-state index is 12.7. The number of ether oxygens (including phenoxy) is 1. The van der Waals surface area contributed by atoms with Gasteiger partial charge in [-0.2, -0.15) is 0 Å². The summed E-state index contributed by atoms with van der Waals surface area (Å²) >= 11 is 3.27. The SMILES string of the molecule is CSc1cc2c(cc1OCC(=O)N[C@@H](C(=O)N[C@@H](C)C(=O)O)c1ccccc1)SCCCN2. The minimum Gasteiger partial charge on any atom is -0.483 e. The van der Waals surface area contributed by atoms with E-state index in [-0.39, 0.29) is 6.61 Å². The van der Waals surface area contributed by atoms with Crippen LogP contribution in [0.15, 0.2) is 52.3 Å². The first-order chi connectivity index (χ1) is 15.9. The van der Waals surface area contributed by atoms with E-state index < -0.39 is 29.9 Å². The highest BCUT2D eigenvalue weighted by Gasteiger charge is 2.26. The molecule has 1 aliphatic rings. The Hall–Kier alpha value is -2.85. The summed E-state index contributed by atoms with van der Waals surface area (Å²) in [5.41, 5.74) is 1.60. The van der Waals surface area contributed by atoms with Gasteiger partial charge in [0.2, 0.25) is 5.91 Å². The fraction of sp³-hybridized carbons (Fsp3) is 0.348. The molecule has 2 amide bonds. The van der Waals surface area contributed by atoms with Crippen LogP contribution in [0, 0.1) is 0 Å². The van der Waals surface area contributed by atoms with Gasteiger partial charge in [-0.1, -0.05) is 30.3 Å². The van der Waals surface area contributed by atoms with Crippen molar-refractivity contribution < 1.29 is 24.2 Å². The largest absolute Gasteiger partial charge is 0.483 e. The van der Waals surface area contributed by atoms with Crippen LogP contribution in [0.5, 0.6) is 5.75 Å². The summed E-state index contributed by atoms with van der Waals surface area (Å²) in [5, 5.41) is 17.6. The zero-order valence-electron chi connectivity index (χ0n) is 18.4. The van der Waals surface area contributed by atoms with Gasteiger partial charge in [-0.15, -0.1) is 23.5 Å².